The van der Waals surface area contributed by atoms with Gasteiger partial charge in [-0.2, -0.15) is 5.10 Å². The van der Waals surface area contributed by atoms with Crippen molar-refractivity contribution in [1.29, 1.82) is 0 Å². The molecule has 1 aromatic heterocycles. The molecule has 0 atom stereocenters. The Bertz CT molecular complexity index is 561. The molecule has 1 heterocycles. The van der Waals surface area contributed by atoms with Gasteiger partial charge in [0.1, 0.15) is 5.75 Å². The van der Waals surface area contributed by atoms with E-state index in [1.54, 1.807) is 7.11 Å². The number of hydrogen-bond acceptors (Lipinski definition) is 3. The van der Waals surface area contributed by atoms with Gasteiger partial charge in [0, 0.05) is 23.9 Å². The lowest BCUT2D eigenvalue weighted by atomic mass is 10.0. The van der Waals surface area contributed by atoms with Gasteiger partial charge in [-0.25, -0.2) is 0 Å². The molecular weight excluding hydrogens is 252 g/mol. The third-order valence-corrected chi connectivity index (χ3v) is 3.03. The van der Waals surface area contributed by atoms with Crippen molar-refractivity contribution in [3.63, 3.8) is 0 Å². The molecule has 0 saturated heterocycles. The highest BCUT2D eigenvalue weighted by Crippen LogP contribution is 2.34. The number of ether oxygens (including phenoxy) is 2. The van der Waals surface area contributed by atoms with Crippen molar-refractivity contribution in [2.24, 2.45) is 5.92 Å². The van der Waals surface area contributed by atoms with Crippen molar-refractivity contribution in [3.05, 3.63) is 35.7 Å². The number of nitrogens with zero attached hydrogens (tertiary/aromatic N) is 1. The standard InChI is InChI=1S/C16H22N2O2/c1-11(2)9-20-15-8-6-5-7-13(15)16-12(3)17-18-14(16)10-19-4/h5-8,11H,9-10H2,1-4H3,(H,17,18). The zero-order valence-corrected chi connectivity index (χ0v) is 12.6. The molecule has 2 aromatic rings. The maximum atomic E-state index is 5.93. The summed E-state index contributed by atoms with van der Waals surface area (Å²) in [5, 5.41) is 7.34. The van der Waals surface area contributed by atoms with E-state index in [1.165, 1.54) is 0 Å². The first-order valence-electron chi connectivity index (χ1n) is 6.88. The Labute approximate surface area is 120 Å². The lowest BCUT2D eigenvalue weighted by molar-refractivity contribution is 0.182. The zero-order valence-electron chi connectivity index (χ0n) is 12.6. The predicted molar refractivity (Wildman–Crippen MR) is 79.8 cm³/mol. The summed E-state index contributed by atoms with van der Waals surface area (Å²) in [4.78, 5) is 0. The Balaban J connectivity index is 2.39. The van der Waals surface area contributed by atoms with Crippen molar-refractivity contribution in [1.82, 2.24) is 10.2 Å². The van der Waals surface area contributed by atoms with E-state index in [4.69, 9.17) is 9.47 Å². The van der Waals surface area contributed by atoms with Crippen LogP contribution >= 0.6 is 0 Å². The van der Waals surface area contributed by atoms with Gasteiger partial charge < -0.3 is 9.47 Å². The van der Waals surface area contributed by atoms with E-state index in [0.717, 1.165) is 28.3 Å². The molecule has 0 fully saturated rings. The minimum absolute atomic E-state index is 0.484. The number of aromatic amines is 1. The average Bonchev–Trinajstić information content (AvgIpc) is 2.78. The van der Waals surface area contributed by atoms with Crippen LogP contribution in [0.4, 0.5) is 0 Å². The highest BCUT2D eigenvalue weighted by molar-refractivity contribution is 5.74. The fraction of sp³-hybridized carbons (Fsp3) is 0.438. The van der Waals surface area contributed by atoms with Crippen molar-refractivity contribution in [2.75, 3.05) is 13.7 Å². The monoisotopic (exact) mass is 274 g/mol. The number of rotatable bonds is 6. The van der Waals surface area contributed by atoms with Gasteiger partial charge in [-0.15, -0.1) is 0 Å². The molecule has 2 rings (SSSR count). The second-order valence-corrected chi connectivity index (χ2v) is 5.30. The number of H-pyrrole nitrogens is 1. The van der Waals surface area contributed by atoms with E-state index in [-0.39, 0.29) is 0 Å². The molecule has 0 unspecified atom stereocenters. The number of hydrogen-bond donors (Lipinski definition) is 1. The number of methoxy groups -OCH3 is 1. The van der Waals surface area contributed by atoms with E-state index in [0.29, 0.717) is 19.1 Å². The second-order valence-electron chi connectivity index (χ2n) is 5.30. The van der Waals surface area contributed by atoms with E-state index < -0.39 is 0 Å². The maximum absolute atomic E-state index is 5.93. The van der Waals surface area contributed by atoms with Gasteiger partial charge in [0.05, 0.1) is 18.9 Å². The molecule has 0 spiro atoms. The van der Waals surface area contributed by atoms with Gasteiger partial charge in [-0.1, -0.05) is 32.0 Å². The quantitative estimate of drug-likeness (QED) is 0.876. The first-order chi connectivity index (χ1) is 9.63. The summed E-state index contributed by atoms with van der Waals surface area (Å²) in [5.41, 5.74) is 4.07. The Morgan fingerprint density at radius 2 is 2.00 bits per heavy atom. The summed E-state index contributed by atoms with van der Waals surface area (Å²) < 4.78 is 11.1. The first kappa shape index (κ1) is 14.6. The molecule has 0 saturated carbocycles. The first-order valence-corrected chi connectivity index (χ1v) is 6.88. The third kappa shape index (κ3) is 3.20. The fourth-order valence-corrected chi connectivity index (χ4v) is 2.13. The van der Waals surface area contributed by atoms with Crippen LogP contribution in [0.15, 0.2) is 24.3 Å². The van der Waals surface area contributed by atoms with Gasteiger partial charge in [-0.05, 0) is 18.9 Å². The molecular formula is C16H22N2O2. The van der Waals surface area contributed by atoms with Crippen LogP contribution in [0.3, 0.4) is 0 Å². The molecule has 4 nitrogen and oxygen atoms in total. The number of nitrogens with one attached hydrogen (secondary N) is 1. The van der Waals surface area contributed by atoms with Gasteiger partial charge in [-0.3, -0.25) is 5.10 Å². The highest BCUT2D eigenvalue weighted by Gasteiger charge is 2.16. The lowest BCUT2D eigenvalue weighted by Crippen LogP contribution is -2.05. The summed E-state index contributed by atoms with van der Waals surface area (Å²) in [6.07, 6.45) is 0. The van der Waals surface area contributed by atoms with E-state index in [2.05, 4.69) is 30.1 Å². The molecule has 4 heteroatoms. The summed E-state index contributed by atoms with van der Waals surface area (Å²) in [6.45, 7) is 7.48. The minimum atomic E-state index is 0.484. The van der Waals surface area contributed by atoms with Crippen molar-refractivity contribution >= 4 is 0 Å². The van der Waals surface area contributed by atoms with Gasteiger partial charge in [0.2, 0.25) is 0 Å². The smallest absolute Gasteiger partial charge is 0.127 e. The predicted octanol–water partition coefficient (Wildman–Crippen LogP) is 3.57. The van der Waals surface area contributed by atoms with Gasteiger partial charge >= 0.3 is 0 Å². The van der Waals surface area contributed by atoms with Crippen molar-refractivity contribution < 1.29 is 9.47 Å². The van der Waals surface area contributed by atoms with Crippen LogP contribution in [0.5, 0.6) is 5.75 Å². The Morgan fingerprint density at radius 3 is 2.70 bits per heavy atom. The largest absolute Gasteiger partial charge is 0.493 e. The topological polar surface area (TPSA) is 47.1 Å². The average molecular weight is 274 g/mol. The molecule has 0 bridgehead atoms. The van der Waals surface area contributed by atoms with Crippen LogP contribution < -0.4 is 4.74 Å². The van der Waals surface area contributed by atoms with Crippen LogP contribution in [-0.2, 0) is 11.3 Å². The number of benzene rings is 1. The number of para-hydroxylation sites is 1. The normalized spacial score (nSPS) is 11.1. The van der Waals surface area contributed by atoms with Gasteiger partial charge in [0.25, 0.3) is 0 Å². The van der Waals surface area contributed by atoms with Crippen molar-refractivity contribution in [2.45, 2.75) is 27.4 Å². The Hall–Kier alpha value is -1.81. The van der Waals surface area contributed by atoms with Crippen LogP contribution in [0.25, 0.3) is 11.1 Å². The highest BCUT2D eigenvalue weighted by atomic mass is 16.5. The Kier molecular flexibility index (Phi) is 4.79. The molecule has 20 heavy (non-hydrogen) atoms. The molecule has 108 valence electrons. The number of aromatic nitrogens is 2. The van der Waals surface area contributed by atoms with E-state index in [9.17, 15) is 0 Å². The number of aryl methyl sites for hydroxylation is 1. The zero-order chi connectivity index (χ0) is 14.5. The molecule has 1 N–H and O–H groups in total. The van der Waals surface area contributed by atoms with Crippen LogP contribution in [0.2, 0.25) is 0 Å². The molecule has 0 amide bonds. The summed E-state index contributed by atoms with van der Waals surface area (Å²) in [6, 6.07) is 8.07. The van der Waals surface area contributed by atoms with Crippen molar-refractivity contribution in [3.8, 4) is 16.9 Å². The van der Waals surface area contributed by atoms with Crippen LogP contribution in [-0.4, -0.2) is 23.9 Å². The molecule has 0 aliphatic heterocycles. The second kappa shape index (κ2) is 6.57. The minimum Gasteiger partial charge on any atom is -0.493 e. The third-order valence-electron chi connectivity index (χ3n) is 3.03. The summed E-state index contributed by atoms with van der Waals surface area (Å²) in [7, 11) is 1.68. The maximum Gasteiger partial charge on any atom is 0.127 e. The fourth-order valence-electron chi connectivity index (χ4n) is 2.13. The SMILES string of the molecule is COCc1n[nH]c(C)c1-c1ccccc1OCC(C)C. The van der Waals surface area contributed by atoms with Gasteiger partial charge in [0.15, 0.2) is 0 Å². The molecule has 0 radical (unpaired) electrons. The van der Waals surface area contributed by atoms with Crippen LogP contribution in [0.1, 0.15) is 25.2 Å². The Morgan fingerprint density at radius 1 is 1.25 bits per heavy atom. The summed E-state index contributed by atoms with van der Waals surface area (Å²) in [5.74, 6) is 1.38. The molecule has 0 aliphatic rings. The molecule has 0 aliphatic carbocycles. The van der Waals surface area contributed by atoms with E-state index in [1.807, 2.05) is 25.1 Å². The molecule has 1 aromatic carbocycles. The summed E-state index contributed by atoms with van der Waals surface area (Å²) >= 11 is 0. The lowest BCUT2D eigenvalue weighted by Gasteiger charge is -2.13. The van der Waals surface area contributed by atoms with Crippen LogP contribution in [0, 0.1) is 12.8 Å². The van der Waals surface area contributed by atoms with E-state index >= 15 is 0 Å².